The molecule has 0 amide bonds. The van der Waals surface area contributed by atoms with Crippen molar-refractivity contribution in [3.05, 3.63) is 35.4 Å². The van der Waals surface area contributed by atoms with E-state index in [1.165, 1.54) is 11.1 Å². The lowest BCUT2D eigenvalue weighted by Gasteiger charge is -1.93. The zero-order valence-corrected chi connectivity index (χ0v) is 9.76. The highest BCUT2D eigenvalue weighted by atomic mass is 35.5. The molecule has 0 atom stereocenters. The van der Waals surface area contributed by atoms with Crippen molar-refractivity contribution in [1.82, 2.24) is 0 Å². The lowest BCUT2D eigenvalue weighted by Crippen LogP contribution is -1.74. The van der Waals surface area contributed by atoms with E-state index in [1.807, 2.05) is 13.8 Å². The number of rotatable bonds is 0. The minimum absolute atomic E-state index is 0. The van der Waals surface area contributed by atoms with E-state index in [0.29, 0.717) is 0 Å². The lowest BCUT2D eigenvalue weighted by atomic mass is 10.1. The highest BCUT2D eigenvalue weighted by Gasteiger charge is 1.83. The summed E-state index contributed by atoms with van der Waals surface area (Å²) in [6, 6.07) is 8.36. The van der Waals surface area contributed by atoms with Gasteiger partial charge in [-0.3, -0.25) is 0 Å². The molecular weight excluding hydrogens is 191 g/mol. The zero-order chi connectivity index (χ0) is 7.98. The summed E-state index contributed by atoms with van der Waals surface area (Å²) in [4.78, 5) is 0. The Labute approximate surface area is 88.2 Å². The average Bonchev–Trinajstić information content (AvgIpc) is 2.00. The molecule has 1 rings (SSSR count). The van der Waals surface area contributed by atoms with Crippen molar-refractivity contribution in [2.24, 2.45) is 0 Å². The van der Waals surface area contributed by atoms with Crippen LogP contribution >= 0.6 is 24.8 Å². The topological polar surface area (TPSA) is 0 Å². The number of hydrogen-bond donors (Lipinski definition) is 0. The first-order valence-corrected chi connectivity index (χ1v) is 3.83. The Morgan fingerprint density at radius 3 is 1.17 bits per heavy atom. The molecule has 0 fully saturated rings. The van der Waals surface area contributed by atoms with Crippen LogP contribution in [-0.4, -0.2) is 0 Å². The van der Waals surface area contributed by atoms with Gasteiger partial charge in [0.15, 0.2) is 0 Å². The third kappa shape index (κ3) is 6.51. The van der Waals surface area contributed by atoms with E-state index in [1.54, 1.807) is 0 Å². The highest BCUT2D eigenvalue weighted by Crippen LogP contribution is 2.02. The molecule has 0 aliphatic rings. The smallest absolute Gasteiger partial charge is 0.0395 e. The van der Waals surface area contributed by atoms with Crippen LogP contribution in [0, 0.1) is 13.8 Å². The Morgan fingerprint density at radius 2 is 1.00 bits per heavy atom. The van der Waals surface area contributed by atoms with E-state index < -0.39 is 0 Å². The van der Waals surface area contributed by atoms with Crippen molar-refractivity contribution in [2.75, 3.05) is 0 Å². The molecule has 0 radical (unpaired) electrons. The monoisotopic (exact) mass is 208 g/mol. The van der Waals surface area contributed by atoms with Crippen LogP contribution in [0.15, 0.2) is 24.3 Å². The van der Waals surface area contributed by atoms with Gasteiger partial charge in [-0.25, -0.2) is 0 Å². The maximum atomic E-state index is 2.12. The second-order valence-corrected chi connectivity index (χ2v) is 2.08. The maximum absolute atomic E-state index is 2.12. The Bertz CT molecular complexity index is 164. The van der Waals surface area contributed by atoms with E-state index in [-0.39, 0.29) is 24.8 Å². The van der Waals surface area contributed by atoms with E-state index in [9.17, 15) is 0 Å². The van der Waals surface area contributed by atoms with Crippen molar-refractivity contribution in [1.29, 1.82) is 0 Å². The second kappa shape index (κ2) is 10.8. The van der Waals surface area contributed by atoms with Gasteiger partial charge in [0, 0.05) is 0 Å². The van der Waals surface area contributed by atoms with Crippen LogP contribution in [0.3, 0.4) is 0 Å². The molecule has 0 aromatic heterocycles. The van der Waals surface area contributed by atoms with Crippen LogP contribution in [-0.2, 0) is 0 Å². The first kappa shape index (κ1) is 17.8. The molecule has 0 N–H and O–H groups in total. The van der Waals surface area contributed by atoms with Crippen molar-refractivity contribution in [2.45, 2.75) is 27.7 Å². The summed E-state index contributed by atoms with van der Waals surface area (Å²) in [6.07, 6.45) is 0. The summed E-state index contributed by atoms with van der Waals surface area (Å²) < 4.78 is 0. The van der Waals surface area contributed by atoms with E-state index >= 15 is 0 Å². The fraction of sp³-hybridized carbons (Fsp3) is 0.400. The molecule has 1 aromatic carbocycles. The molecule has 0 bridgehead atoms. The summed E-state index contributed by atoms with van der Waals surface area (Å²) in [5.74, 6) is 0. The lowest BCUT2D eigenvalue weighted by molar-refractivity contribution is 1.34. The Morgan fingerprint density at radius 1 is 0.750 bits per heavy atom. The van der Waals surface area contributed by atoms with Crippen LogP contribution < -0.4 is 0 Å². The van der Waals surface area contributed by atoms with Gasteiger partial charge in [0.2, 0.25) is 0 Å². The summed E-state index contributed by atoms with van der Waals surface area (Å²) in [7, 11) is 0. The second-order valence-electron chi connectivity index (χ2n) is 2.08. The van der Waals surface area contributed by atoms with Gasteiger partial charge in [0.05, 0.1) is 0 Å². The van der Waals surface area contributed by atoms with Gasteiger partial charge in [-0.15, -0.1) is 24.8 Å². The average molecular weight is 209 g/mol. The third-order valence-corrected chi connectivity index (χ3v) is 1.43. The van der Waals surface area contributed by atoms with E-state index in [4.69, 9.17) is 0 Å². The summed E-state index contributed by atoms with van der Waals surface area (Å²) in [5.41, 5.74) is 2.74. The largest absolute Gasteiger partial charge is 0.147 e. The fourth-order valence-corrected chi connectivity index (χ4v) is 0.663. The molecule has 72 valence electrons. The number of benzene rings is 1. The predicted octanol–water partition coefficient (Wildman–Crippen LogP) is 4.17. The molecule has 0 heterocycles. The molecule has 0 unspecified atom stereocenters. The number of aryl methyl sites for hydroxylation is 2. The van der Waals surface area contributed by atoms with Crippen molar-refractivity contribution >= 4 is 24.8 Å². The SMILES string of the molecule is CC.Cc1ccccc1C.Cl.Cl. The molecule has 12 heavy (non-hydrogen) atoms. The molecular formula is C10H18Cl2. The Kier molecular flexibility index (Phi) is 16.0. The summed E-state index contributed by atoms with van der Waals surface area (Å²) in [5, 5.41) is 0. The van der Waals surface area contributed by atoms with Crippen LogP contribution in [0.1, 0.15) is 25.0 Å². The summed E-state index contributed by atoms with van der Waals surface area (Å²) in [6.45, 7) is 8.24. The van der Waals surface area contributed by atoms with Gasteiger partial charge < -0.3 is 0 Å². The van der Waals surface area contributed by atoms with Gasteiger partial charge in [-0.05, 0) is 25.0 Å². The number of hydrogen-bond acceptors (Lipinski definition) is 0. The van der Waals surface area contributed by atoms with Crippen molar-refractivity contribution < 1.29 is 0 Å². The molecule has 0 aliphatic heterocycles. The van der Waals surface area contributed by atoms with Crippen LogP contribution in [0.25, 0.3) is 0 Å². The zero-order valence-electron chi connectivity index (χ0n) is 8.13. The molecule has 0 spiro atoms. The first-order chi connectivity index (χ1) is 4.80. The minimum atomic E-state index is 0. The fourth-order valence-electron chi connectivity index (χ4n) is 0.663. The molecule has 0 nitrogen and oxygen atoms in total. The van der Waals surface area contributed by atoms with E-state index in [2.05, 4.69) is 38.1 Å². The third-order valence-electron chi connectivity index (χ3n) is 1.43. The normalized spacial score (nSPS) is 6.67. The van der Waals surface area contributed by atoms with Gasteiger partial charge in [0.1, 0.15) is 0 Å². The van der Waals surface area contributed by atoms with Gasteiger partial charge in [-0.1, -0.05) is 38.1 Å². The Balaban J connectivity index is -0.000000189. The molecule has 0 aliphatic carbocycles. The van der Waals surface area contributed by atoms with Gasteiger partial charge in [0.25, 0.3) is 0 Å². The molecule has 0 saturated heterocycles. The first-order valence-electron chi connectivity index (χ1n) is 3.83. The molecule has 2 heteroatoms. The van der Waals surface area contributed by atoms with Gasteiger partial charge in [-0.2, -0.15) is 0 Å². The molecule has 0 saturated carbocycles. The summed E-state index contributed by atoms with van der Waals surface area (Å²) >= 11 is 0. The predicted molar refractivity (Wildman–Crippen MR) is 61.8 cm³/mol. The number of halogens is 2. The quantitative estimate of drug-likeness (QED) is 0.601. The van der Waals surface area contributed by atoms with Crippen molar-refractivity contribution in [3.8, 4) is 0 Å². The van der Waals surface area contributed by atoms with Gasteiger partial charge >= 0.3 is 0 Å². The van der Waals surface area contributed by atoms with Crippen LogP contribution in [0.4, 0.5) is 0 Å². The maximum Gasteiger partial charge on any atom is -0.0395 e. The standard InChI is InChI=1S/C8H10.C2H6.2ClH/c1-7-5-3-4-6-8(7)2;1-2;;/h3-6H,1-2H3;1-2H3;2*1H. The van der Waals surface area contributed by atoms with E-state index in [0.717, 1.165) is 0 Å². The van der Waals surface area contributed by atoms with Crippen molar-refractivity contribution in [3.63, 3.8) is 0 Å². The minimum Gasteiger partial charge on any atom is -0.147 e. The Hall–Kier alpha value is -0.200. The highest BCUT2D eigenvalue weighted by molar-refractivity contribution is 5.85. The van der Waals surface area contributed by atoms with Crippen LogP contribution in [0.2, 0.25) is 0 Å². The molecule has 1 aromatic rings. The van der Waals surface area contributed by atoms with Crippen LogP contribution in [0.5, 0.6) is 0 Å².